The topological polar surface area (TPSA) is 83.1 Å². The quantitative estimate of drug-likeness (QED) is 0.291. The molecule has 0 saturated carbocycles. The molecule has 7 rings (SSSR count). The van der Waals surface area contributed by atoms with Gasteiger partial charge in [0.1, 0.15) is 11.6 Å². The van der Waals surface area contributed by atoms with Crippen molar-refractivity contribution < 1.29 is 0 Å². The smallest absolute Gasteiger partial charge is 0.148 e. The van der Waals surface area contributed by atoms with Crippen molar-refractivity contribution in [3.05, 3.63) is 97.6 Å². The number of imidazole rings is 2. The van der Waals surface area contributed by atoms with E-state index in [0.29, 0.717) is 0 Å². The highest BCUT2D eigenvalue weighted by Gasteiger charge is 2.11. The second kappa shape index (κ2) is 8.00. The fraction of sp³-hybridized carbons (Fsp3) is 0. The molecule has 0 aliphatic carbocycles. The number of rotatable bonds is 4. The third-order valence-corrected chi connectivity index (χ3v) is 7.20. The van der Waals surface area contributed by atoms with Gasteiger partial charge < -0.3 is 9.97 Å². The Hall–Kier alpha value is -4.62. The Morgan fingerprint density at radius 2 is 1.03 bits per heavy atom. The predicted molar refractivity (Wildman–Crippen MR) is 141 cm³/mol. The lowest BCUT2D eigenvalue weighted by atomic mass is 10.0. The molecular formula is C28H18N6S. The average Bonchev–Trinajstić information content (AvgIpc) is 3.66. The number of nitrogens with zero attached hydrogens (tertiary/aromatic N) is 4. The third kappa shape index (κ3) is 3.59. The van der Waals surface area contributed by atoms with Crippen LogP contribution in [0.25, 0.3) is 65.7 Å². The molecule has 2 aromatic carbocycles. The fourth-order valence-electron chi connectivity index (χ4n) is 4.28. The molecule has 0 aliphatic rings. The van der Waals surface area contributed by atoms with Gasteiger partial charge in [-0.2, -0.15) is 0 Å². The van der Waals surface area contributed by atoms with Crippen LogP contribution < -0.4 is 0 Å². The number of aromatic amines is 2. The van der Waals surface area contributed by atoms with Crippen LogP contribution in [-0.4, -0.2) is 29.9 Å². The van der Waals surface area contributed by atoms with Crippen molar-refractivity contribution in [1.29, 1.82) is 0 Å². The van der Waals surface area contributed by atoms with E-state index in [2.05, 4.69) is 68.5 Å². The van der Waals surface area contributed by atoms with Crippen LogP contribution in [0.3, 0.4) is 0 Å². The van der Waals surface area contributed by atoms with Gasteiger partial charge in [0.2, 0.25) is 0 Å². The van der Waals surface area contributed by atoms with Crippen LogP contribution >= 0.6 is 11.3 Å². The van der Waals surface area contributed by atoms with Gasteiger partial charge in [0.15, 0.2) is 0 Å². The Kier molecular flexibility index (Phi) is 4.53. The molecule has 7 aromatic rings. The number of hydrogen-bond donors (Lipinski definition) is 2. The first kappa shape index (κ1) is 19.8. The lowest BCUT2D eigenvalue weighted by Gasteiger charge is -2.01. The lowest BCUT2D eigenvalue weighted by molar-refractivity contribution is 1.28. The molecule has 0 spiro atoms. The summed E-state index contributed by atoms with van der Waals surface area (Å²) in [7, 11) is 0. The van der Waals surface area contributed by atoms with Gasteiger partial charge in [-0.05, 0) is 77.4 Å². The number of pyridine rings is 2. The zero-order chi connectivity index (χ0) is 23.2. The van der Waals surface area contributed by atoms with E-state index in [1.807, 2.05) is 36.7 Å². The molecule has 35 heavy (non-hydrogen) atoms. The molecule has 7 heteroatoms. The van der Waals surface area contributed by atoms with Crippen molar-refractivity contribution in [3.8, 4) is 43.7 Å². The van der Waals surface area contributed by atoms with Crippen molar-refractivity contribution in [1.82, 2.24) is 29.9 Å². The summed E-state index contributed by atoms with van der Waals surface area (Å²) in [5, 5.41) is 0. The first-order valence-electron chi connectivity index (χ1n) is 11.2. The minimum absolute atomic E-state index is 0.843. The first-order valence-corrected chi connectivity index (χ1v) is 12.0. The third-order valence-electron chi connectivity index (χ3n) is 6.06. The molecule has 0 aliphatic heterocycles. The summed E-state index contributed by atoms with van der Waals surface area (Å²) in [4.78, 5) is 27.0. The number of H-pyrrole nitrogens is 2. The summed E-state index contributed by atoms with van der Waals surface area (Å²) in [6, 6.07) is 24.9. The maximum absolute atomic E-state index is 4.83. The highest BCUT2D eigenvalue weighted by atomic mass is 32.1. The van der Waals surface area contributed by atoms with E-state index >= 15 is 0 Å². The Balaban J connectivity index is 1.23. The van der Waals surface area contributed by atoms with Gasteiger partial charge in [-0.3, -0.25) is 9.97 Å². The van der Waals surface area contributed by atoms with Crippen molar-refractivity contribution in [2.75, 3.05) is 0 Å². The Bertz CT molecular complexity index is 1800. The van der Waals surface area contributed by atoms with Gasteiger partial charge >= 0.3 is 0 Å². The first-order chi connectivity index (χ1) is 17.3. The number of nitrogens with one attached hydrogen (secondary N) is 2. The van der Waals surface area contributed by atoms with E-state index in [-0.39, 0.29) is 0 Å². The van der Waals surface area contributed by atoms with Crippen molar-refractivity contribution in [2.45, 2.75) is 0 Å². The summed E-state index contributed by atoms with van der Waals surface area (Å²) in [6.07, 6.45) is 7.19. The minimum atomic E-state index is 0.843. The SMILES string of the molecule is c1cc(-c2nc3ccc(-c4ccc5nc(-c6ccc(-c7ccncc7)s6)[nH]c5c4)cc3[nH]2)ccn1. The highest BCUT2D eigenvalue weighted by Crippen LogP contribution is 2.34. The molecule has 6 nitrogen and oxygen atoms in total. The molecule has 5 aromatic heterocycles. The van der Waals surface area contributed by atoms with Gasteiger partial charge in [0.05, 0.1) is 26.9 Å². The second-order valence-electron chi connectivity index (χ2n) is 8.27. The summed E-state index contributed by atoms with van der Waals surface area (Å²) >= 11 is 1.72. The molecule has 0 amide bonds. The summed E-state index contributed by atoms with van der Waals surface area (Å²) in [5.74, 6) is 1.73. The van der Waals surface area contributed by atoms with Crippen LogP contribution in [0, 0.1) is 0 Å². The normalized spacial score (nSPS) is 11.4. The van der Waals surface area contributed by atoms with Gasteiger partial charge in [-0.15, -0.1) is 11.3 Å². The van der Waals surface area contributed by atoms with E-state index < -0.39 is 0 Å². The predicted octanol–water partition coefficient (Wildman–Crippen LogP) is 6.96. The lowest BCUT2D eigenvalue weighted by Crippen LogP contribution is -1.80. The molecule has 0 bridgehead atoms. The van der Waals surface area contributed by atoms with Gasteiger partial charge in [-0.1, -0.05) is 12.1 Å². The molecule has 0 radical (unpaired) electrons. The zero-order valence-electron chi connectivity index (χ0n) is 18.4. The number of fused-ring (bicyclic) bond motifs is 2. The molecule has 166 valence electrons. The van der Waals surface area contributed by atoms with Crippen LogP contribution in [0.5, 0.6) is 0 Å². The van der Waals surface area contributed by atoms with Gasteiger partial charge in [0, 0.05) is 35.2 Å². The van der Waals surface area contributed by atoms with E-state index in [9.17, 15) is 0 Å². The van der Waals surface area contributed by atoms with Crippen LogP contribution in [0.1, 0.15) is 0 Å². The monoisotopic (exact) mass is 470 g/mol. The molecule has 0 atom stereocenters. The molecule has 0 unspecified atom stereocenters. The van der Waals surface area contributed by atoms with Crippen LogP contribution in [-0.2, 0) is 0 Å². The fourth-order valence-corrected chi connectivity index (χ4v) is 5.23. The minimum Gasteiger partial charge on any atom is -0.338 e. The molecular weight excluding hydrogens is 452 g/mol. The number of hydrogen-bond acceptors (Lipinski definition) is 5. The van der Waals surface area contributed by atoms with E-state index in [1.54, 1.807) is 23.7 Å². The van der Waals surface area contributed by atoms with Gasteiger partial charge in [0.25, 0.3) is 0 Å². The average molecular weight is 471 g/mol. The summed E-state index contributed by atoms with van der Waals surface area (Å²) in [5.41, 5.74) is 8.33. The van der Waals surface area contributed by atoms with Crippen LogP contribution in [0.15, 0.2) is 97.6 Å². The van der Waals surface area contributed by atoms with E-state index in [4.69, 9.17) is 9.97 Å². The van der Waals surface area contributed by atoms with Crippen molar-refractivity contribution in [3.63, 3.8) is 0 Å². The number of thiophene rings is 1. The second-order valence-corrected chi connectivity index (χ2v) is 9.35. The van der Waals surface area contributed by atoms with Crippen LogP contribution in [0.4, 0.5) is 0 Å². The Morgan fingerprint density at radius 3 is 1.69 bits per heavy atom. The maximum atomic E-state index is 4.83. The molecule has 0 fully saturated rings. The van der Waals surface area contributed by atoms with Crippen molar-refractivity contribution >= 4 is 33.4 Å². The highest BCUT2D eigenvalue weighted by molar-refractivity contribution is 7.18. The summed E-state index contributed by atoms with van der Waals surface area (Å²) < 4.78 is 0. The molecule has 5 heterocycles. The number of aromatic nitrogens is 6. The standard InChI is InChI=1S/C28H18N6S/c1-3-21-23(33-27(31-21)18-9-13-30-14-10-18)15-19(1)20-2-4-22-24(16-20)34-28(32-22)26-6-5-25(35-26)17-7-11-29-12-8-17/h1-16H,(H,31,33)(H,32,34). The number of benzene rings is 2. The largest absolute Gasteiger partial charge is 0.338 e. The van der Waals surface area contributed by atoms with Crippen molar-refractivity contribution in [2.24, 2.45) is 0 Å². The Morgan fingerprint density at radius 1 is 0.486 bits per heavy atom. The van der Waals surface area contributed by atoms with E-state index in [1.165, 1.54) is 4.88 Å². The maximum Gasteiger partial charge on any atom is 0.148 e. The van der Waals surface area contributed by atoms with Gasteiger partial charge in [-0.25, -0.2) is 9.97 Å². The van der Waals surface area contributed by atoms with E-state index in [0.717, 1.165) is 60.8 Å². The summed E-state index contributed by atoms with van der Waals surface area (Å²) in [6.45, 7) is 0. The zero-order valence-corrected chi connectivity index (χ0v) is 19.3. The molecule has 0 saturated heterocycles. The Labute approximate surface area is 204 Å². The molecule has 2 N–H and O–H groups in total. The van der Waals surface area contributed by atoms with Crippen LogP contribution in [0.2, 0.25) is 0 Å².